The lowest BCUT2D eigenvalue weighted by Gasteiger charge is -2.15. The fourth-order valence-electron chi connectivity index (χ4n) is 1.79. The molecule has 0 aromatic carbocycles. The Morgan fingerprint density at radius 3 is 3.05 bits per heavy atom. The number of rotatable bonds is 7. The Bertz CT molecular complexity index is 538. The number of aryl methyl sites for hydroxylation is 1. The van der Waals surface area contributed by atoms with E-state index < -0.39 is 6.04 Å². The van der Waals surface area contributed by atoms with Crippen LogP contribution in [0.25, 0.3) is 0 Å². The van der Waals surface area contributed by atoms with Crippen LogP contribution in [0.1, 0.15) is 24.9 Å². The van der Waals surface area contributed by atoms with E-state index in [9.17, 15) is 4.79 Å². The molecule has 8 heteroatoms. The van der Waals surface area contributed by atoms with E-state index in [1.54, 1.807) is 19.6 Å². The number of anilines is 1. The summed E-state index contributed by atoms with van der Waals surface area (Å²) in [5.41, 5.74) is 0.893. The van der Waals surface area contributed by atoms with Gasteiger partial charge in [0.15, 0.2) is 0 Å². The van der Waals surface area contributed by atoms with Gasteiger partial charge < -0.3 is 15.6 Å². The molecule has 0 saturated heterocycles. The van der Waals surface area contributed by atoms with E-state index in [-0.39, 0.29) is 5.91 Å². The first-order chi connectivity index (χ1) is 9.72. The number of amides is 1. The minimum atomic E-state index is -0.400. The highest BCUT2D eigenvalue weighted by Crippen LogP contribution is 2.14. The minimum Gasteiger partial charge on any atom is -0.357 e. The predicted molar refractivity (Wildman–Crippen MR) is 77.7 cm³/mol. The molecule has 0 aliphatic heterocycles. The smallest absolute Gasteiger partial charge is 0.242 e. The summed E-state index contributed by atoms with van der Waals surface area (Å²) in [6, 6.07) is -0.400. The van der Waals surface area contributed by atoms with E-state index in [0.717, 1.165) is 24.4 Å². The standard InChI is InChI=1S/C12H18N6OS/c1-3-4-10-17-12(20-18-10)16-9(11(19)13-2)5-8-6-14-7-15-8/h6-7,9H,3-5H2,1-2H3,(H,13,19)(H,14,15)(H,16,17,18)/t9-/m0/s1. The van der Waals surface area contributed by atoms with Gasteiger partial charge in [-0.15, -0.1) is 0 Å². The third-order valence-electron chi connectivity index (χ3n) is 2.78. The van der Waals surface area contributed by atoms with Gasteiger partial charge in [0.1, 0.15) is 11.9 Å². The number of likely N-dealkylation sites (N-methyl/N-ethyl adjacent to an activating group) is 1. The molecule has 0 fully saturated rings. The van der Waals surface area contributed by atoms with E-state index >= 15 is 0 Å². The summed E-state index contributed by atoms with van der Waals surface area (Å²) >= 11 is 1.28. The van der Waals surface area contributed by atoms with Gasteiger partial charge in [0.25, 0.3) is 0 Å². The molecule has 0 unspecified atom stereocenters. The normalized spacial score (nSPS) is 12.1. The molecule has 0 radical (unpaired) electrons. The first-order valence-electron chi connectivity index (χ1n) is 6.51. The van der Waals surface area contributed by atoms with Crippen LogP contribution in [-0.2, 0) is 17.6 Å². The van der Waals surface area contributed by atoms with Crippen molar-refractivity contribution in [3.05, 3.63) is 24.0 Å². The monoisotopic (exact) mass is 294 g/mol. The molecular weight excluding hydrogens is 276 g/mol. The molecular formula is C12H18N6OS. The van der Waals surface area contributed by atoms with Crippen molar-refractivity contribution in [2.24, 2.45) is 0 Å². The van der Waals surface area contributed by atoms with Gasteiger partial charge >= 0.3 is 0 Å². The lowest BCUT2D eigenvalue weighted by atomic mass is 10.1. The minimum absolute atomic E-state index is 0.0909. The Hall–Kier alpha value is -1.96. The molecule has 3 N–H and O–H groups in total. The molecule has 2 aromatic rings. The second kappa shape index (κ2) is 6.99. The Morgan fingerprint density at radius 2 is 2.40 bits per heavy atom. The summed E-state index contributed by atoms with van der Waals surface area (Å²) in [5.74, 6) is 0.726. The van der Waals surface area contributed by atoms with E-state index in [0.29, 0.717) is 11.6 Å². The number of imidazole rings is 1. The number of carbonyl (C=O) groups is 1. The van der Waals surface area contributed by atoms with Crippen LogP contribution in [-0.4, -0.2) is 38.3 Å². The quantitative estimate of drug-likeness (QED) is 0.707. The number of carbonyl (C=O) groups excluding carboxylic acids is 1. The third-order valence-corrected chi connectivity index (χ3v) is 3.47. The average Bonchev–Trinajstić information content (AvgIpc) is 3.10. The van der Waals surface area contributed by atoms with Crippen molar-refractivity contribution in [2.75, 3.05) is 12.4 Å². The molecule has 2 heterocycles. The highest BCUT2D eigenvalue weighted by Gasteiger charge is 2.20. The molecule has 0 bridgehead atoms. The van der Waals surface area contributed by atoms with Crippen LogP contribution in [0.4, 0.5) is 5.13 Å². The Balaban J connectivity index is 2.04. The number of nitrogens with zero attached hydrogens (tertiary/aromatic N) is 3. The molecule has 0 spiro atoms. The maximum Gasteiger partial charge on any atom is 0.242 e. The van der Waals surface area contributed by atoms with Gasteiger partial charge in [0.05, 0.1) is 6.33 Å². The van der Waals surface area contributed by atoms with Crippen LogP contribution in [0.3, 0.4) is 0 Å². The molecule has 108 valence electrons. The second-order valence-corrected chi connectivity index (χ2v) is 5.11. The maximum absolute atomic E-state index is 11.9. The SMILES string of the molecule is CCCc1nsc(N[C@@H](Cc2cnc[nH]2)C(=O)NC)n1. The fraction of sp³-hybridized carbons (Fsp3) is 0.500. The number of aromatic amines is 1. The average molecular weight is 294 g/mol. The number of hydrogen-bond acceptors (Lipinski definition) is 6. The number of H-pyrrole nitrogens is 1. The molecule has 2 rings (SSSR count). The van der Waals surface area contributed by atoms with Gasteiger partial charge in [-0.05, 0) is 6.42 Å². The van der Waals surface area contributed by atoms with Gasteiger partial charge in [-0.2, -0.15) is 4.37 Å². The van der Waals surface area contributed by atoms with E-state index in [1.807, 2.05) is 0 Å². The molecule has 2 aromatic heterocycles. The van der Waals surface area contributed by atoms with Crippen molar-refractivity contribution >= 4 is 22.6 Å². The van der Waals surface area contributed by atoms with Crippen LogP contribution in [0.2, 0.25) is 0 Å². The summed E-state index contributed by atoms with van der Waals surface area (Å²) in [7, 11) is 1.62. The summed E-state index contributed by atoms with van der Waals surface area (Å²) < 4.78 is 4.26. The van der Waals surface area contributed by atoms with Crippen LogP contribution in [0.5, 0.6) is 0 Å². The van der Waals surface area contributed by atoms with E-state index in [1.165, 1.54) is 11.5 Å². The Labute approximate surface area is 121 Å². The van der Waals surface area contributed by atoms with Crippen LogP contribution >= 0.6 is 11.5 Å². The topological polar surface area (TPSA) is 95.6 Å². The Morgan fingerprint density at radius 1 is 1.55 bits per heavy atom. The van der Waals surface area contributed by atoms with Crippen LogP contribution in [0.15, 0.2) is 12.5 Å². The van der Waals surface area contributed by atoms with Crippen molar-refractivity contribution in [1.82, 2.24) is 24.6 Å². The highest BCUT2D eigenvalue weighted by molar-refractivity contribution is 7.09. The highest BCUT2D eigenvalue weighted by atomic mass is 32.1. The Kier molecular flexibility index (Phi) is 5.05. The van der Waals surface area contributed by atoms with Crippen molar-refractivity contribution in [2.45, 2.75) is 32.2 Å². The van der Waals surface area contributed by atoms with Crippen molar-refractivity contribution in [3.63, 3.8) is 0 Å². The van der Waals surface area contributed by atoms with E-state index in [2.05, 4.69) is 36.9 Å². The number of hydrogen-bond donors (Lipinski definition) is 3. The zero-order valence-electron chi connectivity index (χ0n) is 11.5. The second-order valence-electron chi connectivity index (χ2n) is 4.36. The zero-order chi connectivity index (χ0) is 14.4. The molecule has 7 nitrogen and oxygen atoms in total. The largest absolute Gasteiger partial charge is 0.357 e. The lowest BCUT2D eigenvalue weighted by Crippen LogP contribution is -2.39. The summed E-state index contributed by atoms with van der Waals surface area (Å²) in [4.78, 5) is 23.2. The van der Waals surface area contributed by atoms with E-state index in [4.69, 9.17) is 0 Å². The lowest BCUT2D eigenvalue weighted by molar-refractivity contribution is -0.121. The first kappa shape index (κ1) is 14.4. The van der Waals surface area contributed by atoms with Crippen molar-refractivity contribution in [1.29, 1.82) is 0 Å². The first-order valence-corrected chi connectivity index (χ1v) is 7.28. The number of nitrogens with one attached hydrogen (secondary N) is 3. The molecule has 0 saturated carbocycles. The van der Waals surface area contributed by atoms with Gasteiger partial charge in [-0.1, -0.05) is 6.92 Å². The van der Waals surface area contributed by atoms with Gasteiger partial charge in [0.2, 0.25) is 11.0 Å². The van der Waals surface area contributed by atoms with Crippen LogP contribution in [0, 0.1) is 0 Å². The van der Waals surface area contributed by atoms with Gasteiger partial charge in [0, 0.05) is 43.3 Å². The maximum atomic E-state index is 11.9. The summed E-state index contributed by atoms with van der Waals surface area (Å²) in [5, 5.41) is 6.45. The third kappa shape index (κ3) is 3.77. The summed E-state index contributed by atoms with van der Waals surface area (Å²) in [6.07, 6.45) is 5.68. The fourth-order valence-corrected chi connectivity index (χ4v) is 2.45. The molecule has 1 amide bonds. The molecule has 0 aliphatic carbocycles. The van der Waals surface area contributed by atoms with Crippen LogP contribution < -0.4 is 10.6 Å². The predicted octanol–water partition coefficient (Wildman–Crippen LogP) is 0.983. The molecule has 1 atom stereocenters. The number of aromatic nitrogens is 4. The molecule has 0 aliphatic rings. The van der Waals surface area contributed by atoms with Crippen molar-refractivity contribution in [3.8, 4) is 0 Å². The van der Waals surface area contributed by atoms with Crippen molar-refractivity contribution < 1.29 is 4.79 Å². The zero-order valence-corrected chi connectivity index (χ0v) is 12.3. The molecule has 20 heavy (non-hydrogen) atoms. The van der Waals surface area contributed by atoms with Gasteiger partial charge in [-0.25, -0.2) is 9.97 Å². The van der Waals surface area contributed by atoms with Gasteiger partial charge in [-0.3, -0.25) is 4.79 Å². The summed E-state index contributed by atoms with van der Waals surface area (Å²) in [6.45, 7) is 2.08.